The zero-order valence-electron chi connectivity index (χ0n) is 9.86. The van der Waals surface area contributed by atoms with E-state index in [-0.39, 0.29) is 16.9 Å². The van der Waals surface area contributed by atoms with Crippen LogP contribution < -0.4 is 10.5 Å². The van der Waals surface area contributed by atoms with Crippen molar-refractivity contribution in [3.8, 4) is 0 Å². The topological polar surface area (TPSA) is 75.3 Å². The van der Waals surface area contributed by atoms with E-state index >= 15 is 0 Å². The SMILES string of the molecule is COC(=O)C(C)CN(C)c1cn[nH]c(=O)c1Cl. The molecule has 0 saturated carbocycles. The molecule has 0 aliphatic rings. The highest BCUT2D eigenvalue weighted by Gasteiger charge is 2.18. The van der Waals surface area contributed by atoms with Gasteiger partial charge in [-0.2, -0.15) is 5.10 Å². The van der Waals surface area contributed by atoms with Crippen molar-refractivity contribution < 1.29 is 9.53 Å². The summed E-state index contributed by atoms with van der Waals surface area (Å²) in [6, 6.07) is 0. The standard InChI is InChI=1S/C10H14ClN3O3/c1-6(10(16)17-3)5-14(2)7-4-12-13-9(15)8(7)11/h4,6H,5H2,1-3H3,(H,13,15). The fraction of sp³-hybridized carbons (Fsp3) is 0.500. The molecule has 0 fully saturated rings. The van der Waals surface area contributed by atoms with E-state index in [1.54, 1.807) is 18.9 Å². The Hall–Kier alpha value is -1.56. The van der Waals surface area contributed by atoms with E-state index < -0.39 is 5.56 Å². The molecule has 0 aliphatic heterocycles. The van der Waals surface area contributed by atoms with Crippen molar-refractivity contribution in [1.82, 2.24) is 10.2 Å². The Balaban J connectivity index is 2.83. The lowest BCUT2D eigenvalue weighted by Gasteiger charge is -2.22. The minimum atomic E-state index is -0.457. The van der Waals surface area contributed by atoms with E-state index in [1.165, 1.54) is 13.3 Å². The first-order chi connectivity index (χ1) is 7.97. The van der Waals surface area contributed by atoms with Crippen LogP contribution >= 0.6 is 11.6 Å². The number of carbonyl (C=O) groups excluding carboxylic acids is 1. The third-order valence-corrected chi connectivity index (χ3v) is 2.70. The summed E-state index contributed by atoms with van der Waals surface area (Å²) in [5.41, 5.74) is 0.0212. The van der Waals surface area contributed by atoms with Crippen LogP contribution in [0.4, 0.5) is 5.69 Å². The van der Waals surface area contributed by atoms with Gasteiger partial charge in [-0.05, 0) is 0 Å². The maximum Gasteiger partial charge on any atom is 0.310 e. The molecule has 94 valence electrons. The lowest BCUT2D eigenvalue weighted by Crippen LogP contribution is -2.30. The van der Waals surface area contributed by atoms with Crippen molar-refractivity contribution in [2.75, 3.05) is 25.6 Å². The van der Waals surface area contributed by atoms with Crippen LogP contribution in [0.1, 0.15) is 6.92 Å². The van der Waals surface area contributed by atoms with E-state index in [9.17, 15) is 9.59 Å². The molecule has 0 bridgehead atoms. The monoisotopic (exact) mass is 259 g/mol. The minimum absolute atomic E-state index is 0.0552. The smallest absolute Gasteiger partial charge is 0.310 e. The molecule has 0 aromatic carbocycles. The number of nitrogens with zero attached hydrogens (tertiary/aromatic N) is 2. The Morgan fingerprint density at radius 2 is 2.35 bits per heavy atom. The largest absolute Gasteiger partial charge is 0.469 e. The van der Waals surface area contributed by atoms with Gasteiger partial charge in [0.25, 0.3) is 5.56 Å². The zero-order chi connectivity index (χ0) is 13.0. The van der Waals surface area contributed by atoms with E-state index in [0.29, 0.717) is 12.2 Å². The fourth-order valence-electron chi connectivity index (χ4n) is 1.43. The second-order valence-electron chi connectivity index (χ2n) is 3.70. The number of esters is 1. The van der Waals surface area contributed by atoms with Crippen LogP contribution in [0.15, 0.2) is 11.0 Å². The minimum Gasteiger partial charge on any atom is -0.469 e. The number of hydrogen-bond acceptors (Lipinski definition) is 5. The third-order valence-electron chi connectivity index (χ3n) is 2.34. The second-order valence-corrected chi connectivity index (χ2v) is 4.08. The molecular formula is C10H14ClN3O3. The zero-order valence-corrected chi connectivity index (χ0v) is 10.6. The summed E-state index contributed by atoms with van der Waals surface area (Å²) < 4.78 is 4.62. The summed E-state index contributed by atoms with van der Waals surface area (Å²) in [5.74, 6) is -0.633. The van der Waals surface area contributed by atoms with E-state index in [2.05, 4.69) is 14.9 Å². The molecule has 1 atom stereocenters. The van der Waals surface area contributed by atoms with Crippen molar-refractivity contribution in [3.05, 3.63) is 21.6 Å². The van der Waals surface area contributed by atoms with E-state index in [4.69, 9.17) is 11.6 Å². The fourth-order valence-corrected chi connectivity index (χ4v) is 1.66. The Morgan fingerprint density at radius 3 is 2.94 bits per heavy atom. The number of methoxy groups -OCH3 is 1. The molecule has 0 spiro atoms. The molecule has 1 N–H and O–H groups in total. The second kappa shape index (κ2) is 5.67. The van der Waals surface area contributed by atoms with Crippen LogP contribution in [-0.2, 0) is 9.53 Å². The van der Waals surface area contributed by atoms with Crippen molar-refractivity contribution in [1.29, 1.82) is 0 Å². The average molecular weight is 260 g/mol. The number of hydrogen-bond donors (Lipinski definition) is 1. The molecule has 1 heterocycles. The first-order valence-corrected chi connectivity index (χ1v) is 5.37. The van der Waals surface area contributed by atoms with Crippen molar-refractivity contribution >= 4 is 23.3 Å². The first-order valence-electron chi connectivity index (χ1n) is 4.99. The van der Waals surface area contributed by atoms with Gasteiger partial charge in [0, 0.05) is 13.6 Å². The molecule has 0 aliphatic carbocycles. The van der Waals surface area contributed by atoms with E-state index in [0.717, 1.165) is 0 Å². The van der Waals surface area contributed by atoms with Crippen LogP contribution in [-0.4, -0.2) is 36.9 Å². The molecule has 0 amide bonds. The predicted molar refractivity (Wildman–Crippen MR) is 64.3 cm³/mol. The number of ether oxygens (including phenoxy) is 1. The molecule has 0 saturated heterocycles. The Kier molecular flexibility index (Phi) is 4.51. The number of rotatable bonds is 4. The van der Waals surface area contributed by atoms with Gasteiger partial charge < -0.3 is 9.64 Å². The van der Waals surface area contributed by atoms with Crippen LogP contribution in [0.5, 0.6) is 0 Å². The van der Waals surface area contributed by atoms with Gasteiger partial charge in [0.2, 0.25) is 0 Å². The van der Waals surface area contributed by atoms with Crippen LogP contribution in [0.25, 0.3) is 0 Å². The van der Waals surface area contributed by atoms with Gasteiger partial charge in [-0.25, -0.2) is 5.10 Å². The van der Waals surface area contributed by atoms with Crippen LogP contribution in [0, 0.1) is 5.92 Å². The molecule has 6 nitrogen and oxygen atoms in total. The maximum absolute atomic E-state index is 11.3. The number of nitrogens with one attached hydrogen (secondary N) is 1. The quantitative estimate of drug-likeness (QED) is 0.805. The molecule has 1 rings (SSSR count). The average Bonchev–Trinajstić information content (AvgIpc) is 2.31. The number of aromatic amines is 1. The predicted octanol–water partition coefficient (Wildman–Crippen LogP) is 0.669. The van der Waals surface area contributed by atoms with Gasteiger partial charge in [0.05, 0.1) is 24.9 Å². The Bertz CT molecular complexity index is 460. The van der Waals surface area contributed by atoms with Gasteiger partial charge in [-0.3, -0.25) is 9.59 Å². The van der Waals surface area contributed by atoms with Gasteiger partial charge in [-0.1, -0.05) is 18.5 Å². The van der Waals surface area contributed by atoms with Crippen LogP contribution in [0.2, 0.25) is 5.02 Å². The number of carbonyl (C=O) groups is 1. The summed E-state index contributed by atoms with van der Waals surface area (Å²) in [5, 5.41) is 5.94. The number of anilines is 1. The van der Waals surface area contributed by atoms with E-state index in [1.807, 2.05) is 0 Å². The molecule has 0 radical (unpaired) electrons. The lowest BCUT2D eigenvalue weighted by atomic mass is 10.1. The van der Waals surface area contributed by atoms with Gasteiger partial charge >= 0.3 is 5.97 Å². The number of H-pyrrole nitrogens is 1. The summed E-state index contributed by atoms with van der Waals surface area (Å²) in [7, 11) is 3.06. The van der Waals surface area contributed by atoms with Crippen molar-refractivity contribution in [3.63, 3.8) is 0 Å². The summed E-state index contributed by atoms with van der Waals surface area (Å²) in [4.78, 5) is 24.2. The molecule has 1 unspecified atom stereocenters. The highest BCUT2D eigenvalue weighted by Crippen LogP contribution is 2.19. The molecule has 1 aromatic rings. The Labute approximate surface area is 104 Å². The maximum atomic E-state index is 11.3. The highest BCUT2D eigenvalue weighted by molar-refractivity contribution is 6.32. The Morgan fingerprint density at radius 1 is 1.71 bits per heavy atom. The number of aromatic nitrogens is 2. The normalized spacial score (nSPS) is 12.0. The molecular weight excluding hydrogens is 246 g/mol. The van der Waals surface area contributed by atoms with Crippen molar-refractivity contribution in [2.45, 2.75) is 6.92 Å². The summed E-state index contributed by atoms with van der Waals surface area (Å²) >= 11 is 5.84. The first kappa shape index (κ1) is 13.5. The lowest BCUT2D eigenvalue weighted by molar-refractivity contribution is -0.144. The van der Waals surface area contributed by atoms with Gasteiger partial charge in [0.1, 0.15) is 5.02 Å². The molecule has 1 aromatic heterocycles. The third kappa shape index (κ3) is 3.20. The highest BCUT2D eigenvalue weighted by atomic mass is 35.5. The van der Waals surface area contributed by atoms with Gasteiger partial charge in [0.15, 0.2) is 0 Å². The summed E-state index contributed by atoms with van der Waals surface area (Å²) in [6.45, 7) is 2.12. The van der Waals surface area contributed by atoms with Crippen molar-refractivity contribution in [2.24, 2.45) is 5.92 Å². The van der Waals surface area contributed by atoms with Crippen LogP contribution in [0.3, 0.4) is 0 Å². The molecule has 7 heteroatoms. The number of halogens is 1. The molecule has 17 heavy (non-hydrogen) atoms. The summed E-state index contributed by atoms with van der Waals surface area (Å²) in [6.07, 6.45) is 1.44. The van der Waals surface area contributed by atoms with Gasteiger partial charge in [-0.15, -0.1) is 0 Å².